The van der Waals surface area contributed by atoms with Crippen LogP contribution >= 0.6 is 31.9 Å². The second kappa shape index (κ2) is 10.1. The summed E-state index contributed by atoms with van der Waals surface area (Å²) in [5.41, 5.74) is 1.95. The van der Waals surface area contributed by atoms with Crippen molar-refractivity contribution in [3.05, 3.63) is 92.4 Å². The fourth-order valence-electron chi connectivity index (χ4n) is 2.62. The summed E-state index contributed by atoms with van der Waals surface area (Å²) in [5.74, 6) is 0.0452. The van der Waals surface area contributed by atoms with Crippen LogP contribution in [-0.2, 0) is 11.4 Å². The largest absolute Gasteiger partial charge is 0.508 e. The first-order valence-electron chi connectivity index (χ1n) is 8.84. The molecule has 0 heterocycles. The van der Waals surface area contributed by atoms with Gasteiger partial charge in [-0.3, -0.25) is 4.79 Å². The van der Waals surface area contributed by atoms with Crippen molar-refractivity contribution in [1.29, 1.82) is 5.26 Å². The van der Waals surface area contributed by atoms with Gasteiger partial charge in [-0.2, -0.15) is 5.26 Å². The van der Waals surface area contributed by atoms with E-state index >= 15 is 0 Å². The third kappa shape index (κ3) is 5.72. The Morgan fingerprint density at radius 1 is 1.10 bits per heavy atom. The lowest BCUT2D eigenvalue weighted by Gasteiger charge is -2.13. The topological polar surface area (TPSA) is 82.3 Å². The summed E-state index contributed by atoms with van der Waals surface area (Å²) < 4.78 is 7.44. The van der Waals surface area contributed by atoms with Crippen LogP contribution in [0, 0.1) is 11.3 Å². The van der Waals surface area contributed by atoms with Gasteiger partial charge in [0.1, 0.15) is 29.7 Å². The van der Waals surface area contributed by atoms with E-state index in [0.717, 1.165) is 10.0 Å². The third-order valence-corrected chi connectivity index (χ3v) is 5.10. The summed E-state index contributed by atoms with van der Waals surface area (Å²) in [6.07, 6.45) is 1.48. The first-order chi connectivity index (χ1) is 14.5. The summed E-state index contributed by atoms with van der Waals surface area (Å²) in [5, 5.41) is 21.5. The average molecular weight is 528 g/mol. The Kier molecular flexibility index (Phi) is 7.28. The second-order valence-corrected chi connectivity index (χ2v) is 8.02. The molecule has 0 bridgehead atoms. The first kappa shape index (κ1) is 21.6. The maximum atomic E-state index is 12.6. The van der Waals surface area contributed by atoms with E-state index in [-0.39, 0.29) is 11.3 Å². The molecule has 7 heteroatoms. The number of amides is 1. The third-order valence-electron chi connectivity index (χ3n) is 4.05. The lowest BCUT2D eigenvalue weighted by molar-refractivity contribution is -0.112. The summed E-state index contributed by atoms with van der Waals surface area (Å²) in [6, 6.07) is 21.2. The molecule has 0 saturated heterocycles. The van der Waals surface area contributed by atoms with Gasteiger partial charge in [0.05, 0.1) is 4.47 Å². The highest BCUT2D eigenvalue weighted by Crippen LogP contribution is 2.35. The molecule has 0 radical (unpaired) electrons. The molecule has 3 rings (SSSR count). The van der Waals surface area contributed by atoms with E-state index in [0.29, 0.717) is 28.1 Å². The SMILES string of the molecule is N#C/C(=C\c1cc(Br)cc(Br)c1OCc1ccccc1)C(=O)Nc1ccc(O)cc1. The molecule has 2 N–H and O–H groups in total. The van der Waals surface area contributed by atoms with Crippen molar-refractivity contribution >= 4 is 49.5 Å². The molecule has 0 aliphatic heterocycles. The molecule has 3 aromatic rings. The number of nitrogens with zero attached hydrogens (tertiary/aromatic N) is 1. The molecule has 0 aliphatic carbocycles. The number of rotatable bonds is 6. The number of ether oxygens (including phenoxy) is 1. The van der Waals surface area contributed by atoms with Gasteiger partial charge < -0.3 is 15.2 Å². The molecule has 0 atom stereocenters. The summed E-state index contributed by atoms with van der Waals surface area (Å²) in [7, 11) is 0. The summed E-state index contributed by atoms with van der Waals surface area (Å²) in [4.78, 5) is 12.6. The van der Waals surface area contributed by atoms with Crippen molar-refractivity contribution in [2.45, 2.75) is 6.61 Å². The van der Waals surface area contributed by atoms with Crippen molar-refractivity contribution in [2.24, 2.45) is 0 Å². The number of nitrogens with one attached hydrogen (secondary N) is 1. The lowest BCUT2D eigenvalue weighted by atomic mass is 10.1. The fourth-order valence-corrected chi connectivity index (χ4v) is 3.99. The van der Waals surface area contributed by atoms with Gasteiger partial charge in [-0.1, -0.05) is 46.3 Å². The Balaban J connectivity index is 1.88. The molecule has 150 valence electrons. The smallest absolute Gasteiger partial charge is 0.266 e. The van der Waals surface area contributed by atoms with Crippen LogP contribution in [0.25, 0.3) is 6.08 Å². The van der Waals surface area contributed by atoms with Crippen molar-refractivity contribution < 1.29 is 14.6 Å². The molecule has 0 fully saturated rings. The minimum absolute atomic E-state index is 0.0855. The van der Waals surface area contributed by atoms with Gasteiger partial charge in [-0.25, -0.2) is 0 Å². The van der Waals surface area contributed by atoms with Crippen LogP contribution in [-0.4, -0.2) is 11.0 Å². The van der Waals surface area contributed by atoms with Crippen molar-refractivity contribution in [3.8, 4) is 17.6 Å². The predicted octanol–water partition coefficient (Wildman–Crippen LogP) is 6.04. The Labute approximate surface area is 190 Å². The molecule has 30 heavy (non-hydrogen) atoms. The Hall–Kier alpha value is -3.08. The van der Waals surface area contributed by atoms with Gasteiger partial charge in [-0.15, -0.1) is 0 Å². The number of phenols is 1. The van der Waals surface area contributed by atoms with Crippen LogP contribution in [0.4, 0.5) is 5.69 Å². The molecular formula is C23H16Br2N2O3. The second-order valence-electron chi connectivity index (χ2n) is 6.25. The molecule has 3 aromatic carbocycles. The first-order valence-corrected chi connectivity index (χ1v) is 10.4. The summed E-state index contributed by atoms with van der Waals surface area (Å²) in [6.45, 7) is 0.337. The van der Waals surface area contributed by atoms with Crippen molar-refractivity contribution in [2.75, 3.05) is 5.32 Å². The van der Waals surface area contributed by atoms with E-state index in [1.54, 1.807) is 18.2 Å². The van der Waals surface area contributed by atoms with Crippen LogP contribution in [0.3, 0.4) is 0 Å². The molecular weight excluding hydrogens is 512 g/mol. The normalized spacial score (nSPS) is 10.9. The van der Waals surface area contributed by atoms with Crippen LogP contribution in [0.15, 0.2) is 81.2 Å². The molecule has 0 unspecified atom stereocenters. The zero-order valence-electron chi connectivity index (χ0n) is 15.6. The van der Waals surface area contributed by atoms with E-state index in [2.05, 4.69) is 37.2 Å². The van der Waals surface area contributed by atoms with E-state index < -0.39 is 5.91 Å². The Morgan fingerprint density at radius 2 is 1.80 bits per heavy atom. The lowest BCUT2D eigenvalue weighted by Crippen LogP contribution is -2.13. The zero-order chi connectivity index (χ0) is 21.5. The Bertz CT molecular complexity index is 1120. The number of hydrogen-bond acceptors (Lipinski definition) is 4. The van der Waals surface area contributed by atoms with Crippen molar-refractivity contribution in [1.82, 2.24) is 0 Å². The number of phenolic OH excluding ortho intramolecular Hbond substituents is 1. The molecule has 0 spiro atoms. The number of halogens is 2. The number of carbonyl (C=O) groups excluding carboxylic acids is 1. The van der Waals surface area contributed by atoms with Crippen LogP contribution in [0.5, 0.6) is 11.5 Å². The monoisotopic (exact) mass is 526 g/mol. The molecule has 5 nitrogen and oxygen atoms in total. The highest BCUT2D eigenvalue weighted by molar-refractivity contribution is 9.11. The molecule has 0 aliphatic rings. The van der Waals surface area contributed by atoms with Crippen LogP contribution in [0.2, 0.25) is 0 Å². The quantitative estimate of drug-likeness (QED) is 0.232. The van der Waals surface area contributed by atoms with Gasteiger partial charge >= 0.3 is 0 Å². The molecule has 0 saturated carbocycles. The van der Waals surface area contributed by atoms with Crippen molar-refractivity contribution in [3.63, 3.8) is 0 Å². The number of aromatic hydroxyl groups is 1. The minimum Gasteiger partial charge on any atom is -0.508 e. The van der Waals surface area contributed by atoms with Crippen LogP contribution in [0.1, 0.15) is 11.1 Å². The number of anilines is 1. The Morgan fingerprint density at radius 3 is 2.47 bits per heavy atom. The van der Waals surface area contributed by atoms with E-state index in [4.69, 9.17) is 4.74 Å². The fraction of sp³-hybridized carbons (Fsp3) is 0.0435. The zero-order valence-corrected chi connectivity index (χ0v) is 18.8. The van der Waals surface area contributed by atoms with E-state index in [1.807, 2.05) is 42.5 Å². The number of carbonyl (C=O) groups is 1. The summed E-state index contributed by atoms with van der Waals surface area (Å²) >= 11 is 6.92. The van der Waals surface area contributed by atoms with Gasteiger partial charge in [0, 0.05) is 15.7 Å². The van der Waals surface area contributed by atoms with Crippen LogP contribution < -0.4 is 10.1 Å². The molecule has 0 aromatic heterocycles. The highest BCUT2D eigenvalue weighted by atomic mass is 79.9. The predicted molar refractivity (Wildman–Crippen MR) is 123 cm³/mol. The van der Waals surface area contributed by atoms with Gasteiger partial charge in [-0.05, 0) is 64.0 Å². The number of hydrogen-bond donors (Lipinski definition) is 2. The maximum Gasteiger partial charge on any atom is 0.266 e. The minimum atomic E-state index is -0.562. The highest BCUT2D eigenvalue weighted by Gasteiger charge is 2.14. The van der Waals surface area contributed by atoms with Gasteiger partial charge in [0.15, 0.2) is 0 Å². The number of nitriles is 1. The standard InChI is InChI=1S/C23H16Br2N2O3/c24-18-11-16(22(21(25)12-18)30-14-15-4-2-1-3-5-15)10-17(13-26)23(29)27-19-6-8-20(28)9-7-19/h1-12,28H,14H2,(H,27,29)/b17-10+. The van der Waals surface area contributed by atoms with E-state index in [9.17, 15) is 15.2 Å². The van der Waals surface area contributed by atoms with E-state index in [1.165, 1.54) is 18.2 Å². The number of benzene rings is 3. The average Bonchev–Trinajstić information content (AvgIpc) is 2.73. The van der Waals surface area contributed by atoms with Gasteiger partial charge in [0.2, 0.25) is 0 Å². The molecule has 1 amide bonds. The van der Waals surface area contributed by atoms with Gasteiger partial charge in [0.25, 0.3) is 5.91 Å². The maximum absolute atomic E-state index is 12.6.